The van der Waals surface area contributed by atoms with Crippen molar-refractivity contribution in [3.63, 3.8) is 0 Å². The van der Waals surface area contributed by atoms with Crippen molar-refractivity contribution in [1.29, 1.82) is 0 Å². The molecule has 2 aliphatic rings. The molecule has 7 nitrogen and oxygen atoms in total. The third-order valence-electron chi connectivity index (χ3n) is 7.02. The number of carbonyl (C=O) groups excluding carboxylic acids is 2. The molecular weight excluding hydrogens is 462 g/mol. The van der Waals surface area contributed by atoms with Crippen LogP contribution < -0.4 is 10.0 Å². The smallest absolute Gasteiger partial charge is 0.261 e. The molecule has 35 heavy (non-hydrogen) atoms. The number of amides is 2. The van der Waals surface area contributed by atoms with Crippen molar-refractivity contribution >= 4 is 27.5 Å². The van der Waals surface area contributed by atoms with E-state index >= 15 is 0 Å². The summed E-state index contributed by atoms with van der Waals surface area (Å²) in [6.07, 6.45) is 8.35. The number of nitrogens with one attached hydrogen (secondary N) is 2. The van der Waals surface area contributed by atoms with Crippen molar-refractivity contribution in [2.45, 2.75) is 75.1 Å². The lowest BCUT2D eigenvalue weighted by atomic mass is 9.84. The standard InChI is InChI=1S/C27H35N3O4S/c1-2-18-28-26(31)25-9-6-19-30(25)27(32)22-10-14-23(15-11-22)29-35(33,34)24-16-12-21(13-17-24)20-7-4-3-5-8-20/h10-17,20,25,29H,2-9,18-19H2,1H3,(H,28,31). The van der Waals surface area contributed by atoms with E-state index < -0.39 is 16.1 Å². The molecule has 1 atom stereocenters. The summed E-state index contributed by atoms with van der Waals surface area (Å²) in [7, 11) is -3.74. The summed E-state index contributed by atoms with van der Waals surface area (Å²) in [5.41, 5.74) is 2.02. The zero-order valence-electron chi connectivity index (χ0n) is 20.3. The maximum Gasteiger partial charge on any atom is 0.261 e. The molecule has 4 rings (SSSR count). The minimum Gasteiger partial charge on any atom is -0.354 e. The predicted octanol–water partition coefficient (Wildman–Crippen LogP) is 4.67. The Morgan fingerprint density at radius 1 is 0.914 bits per heavy atom. The van der Waals surface area contributed by atoms with Gasteiger partial charge in [-0.15, -0.1) is 0 Å². The molecule has 2 fully saturated rings. The number of carbonyl (C=O) groups is 2. The maximum absolute atomic E-state index is 13.0. The van der Waals surface area contributed by atoms with Gasteiger partial charge in [0.25, 0.3) is 15.9 Å². The van der Waals surface area contributed by atoms with Crippen LogP contribution in [-0.2, 0) is 14.8 Å². The highest BCUT2D eigenvalue weighted by atomic mass is 32.2. The summed E-state index contributed by atoms with van der Waals surface area (Å²) >= 11 is 0. The van der Waals surface area contributed by atoms with Gasteiger partial charge in [0.2, 0.25) is 5.91 Å². The Balaban J connectivity index is 1.40. The number of likely N-dealkylation sites (tertiary alicyclic amines) is 1. The van der Waals surface area contributed by atoms with E-state index in [1.165, 1.54) is 24.8 Å². The number of rotatable bonds is 8. The van der Waals surface area contributed by atoms with E-state index in [1.807, 2.05) is 19.1 Å². The van der Waals surface area contributed by atoms with Gasteiger partial charge in [0.1, 0.15) is 6.04 Å². The van der Waals surface area contributed by atoms with Crippen LogP contribution in [0.2, 0.25) is 0 Å². The number of sulfonamides is 1. The Kier molecular flexibility index (Phi) is 8.11. The molecule has 2 N–H and O–H groups in total. The third-order valence-corrected chi connectivity index (χ3v) is 8.41. The largest absolute Gasteiger partial charge is 0.354 e. The van der Waals surface area contributed by atoms with E-state index in [2.05, 4.69) is 10.0 Å². The van der Waals surface area contributed by atoms with Gasteiger partial charge in [0.15, 0.2) is 0 Å². The van der Waals surface area contributed by atoms with Crippen LogP contribution >= 0.6 is 0 Å². The van der Waals surface area contributed by atoms with Gasteiger partial charge in [0.05, 0.1) is 4.90 Å². The Hall–Kier alpha value is -2.87. The van der Waals surface area contributed by atoms with E-state index in [0.717, 1.165) is 25.7 Å². The lowest BCUT2D eigenvalue weighted by molar-refractivity contribution is -0.124. The molecule has 8 heteroatoms. The highest BCUT2D eigenvalue weighted by Crippen LogP contribution is 2.33. The molecule has 0 bridgehead atoms. The van der Waals surface area contributed by atoms with Gasteiger partial charge >= 0.3 is 0 Å². The van der Waals surface area contributed by atoms with Gasteiger partial charge in [-0.3, -0.25) is 14.3 Å². The molecule has 1 aliphatic carbocycles. The molecule has 188 valence electrons. The number of hydrogen-bond donors (Lipinski definition) is 2. The quantitative estimate of drug-likeness (QED) is 0.554. The highest BCUT2D eigenvalue weighted by Gasteiger charge is 2.34. The molecule has 0 radical (unpaired) electrons. The number of nitrogens with zero attached hydrogens (tertiary/aromatic N) is 1. The Labute approximate surface area is 208 Å². The fraction of sp³-hybridized carbons (Fsp3) is 0.481. The zero-order valence-corrected chi connectivity index (χ0v) is 21.1. The molecule has 1 saturated carbocycles. The second-order valence-corrected chi connectivity index (χ2v) is 11.2. The van der Waals surface area contributed by atoms with Gasteiger partial charge in [0, 0.05) is 24.3 Å². The number of hydrogen-bond acceptors (Lipinski definition) is 4. The molecule has 1 aliphatic heterocycles. The van der Waals surface area contributed by atoms with Crippen molar-refractivity contribution in [3.05, 3.63) is 59.7 Å². The van der Waals surface area contributed by atoms with E-state index in [-0.39, 0.29) is 16.7 Å². The normalized spacial score (nSPS) is 18.9. The van der Waals surface area contributed by atoms with Crippen LogP contribution in [0.4, 0.5) is 5.69 Å². The molecule has 2 amide bonds. The summed E-state index contributed by atoms with van der Waals surface area (Å²) < 4.78 is 28.4. The van der Waals surface area contributed by atoms with Crippen LogP contribution in [0, 0.1) is 0 Å². The lowest BCUT2D eigenvalue weighted by Gasteiger charge is -2.24. The molecule has 0 aromatic heterocycles. The topological polar surface area (TPSA) is 95.6 Å². The van der Waals surface area contributed by atoms with Gasteiger partial charge < -0.3 is 10.2 Å². The van der Waals surface area contributed by atoms with Crippen LogP contribution in [0.5, 0.6) is 0 Å². The first-order valence-corrected chi connectivity index (χ1v) is 14.2. The van der Waals surface area contributed by atoms with Crippen molar-refractivity contribution in [2.24, 2.45) is 0 Å². The Morgan fingerprint density at radius 3 is 2.26 bits per heavy atom. The van der Waals surface area contributed by atoms with E-state index in [4.69, 9.17) is 0 Å². The second kappa shape index (κ2) is 11.2. The average molecular weight is 498 g/mol. The van der Waals surface area contributed by atoms with Crippen LogP contribution in [0.25, 0.3) is 0 Å². The highest BCUT2D eigenvalue weighted by molar-refractivity contribution is 7.92. The third kappa shape index (κ3) is 6.04. The minimum absolute atomic E-state index is 0.114. The Morgan fingerprint density at radius 2 is 1.60 bits per heavy atom. The van der Waals surface area contributed by atoms with Gasteiger partial charge in [-0.05, 0) is 80.0 Å². The monoisotopic (exact) mass is 497 g/mol. The molecule has 1 saturated heterocycles. The maximum atomic E-state index is 13.0. The number of benzene rings is 2. The van der Waals surface area contributed by atoms with Crippen molar-refractivity contribution < 1.29 is 18.0 Å². The molecule has 0 spiro atoms. The fourth-order valence-electron chi connectivity index (χ4n) is 5.06. The molecule has 2 aromatic rings. The summed E-state index contributed by atoms with van der Waals surface area (Å²) in [6.45, 7) is 3.12. The zero-order chi connectivity index (χ0) is 24.8. The first-order chi connectivity index (χ1) is 16.9. The summed E-state index contributed by atoms with van der Waals surface area (Å²) in [5, 5.41) is 2.87. The van der Waals surface area contributed by atoms with Crippen LogP contribution in [-0.4, -0.2) is 44.3 Å². The molecular formula is C27H35N3O4S. The molecule has 1 heterocycles. The summed E-state index contributed by atoms with van der Waals surface area (Å²) in [4.78, 5) is 27.3. The fourth-order valence-corrected chi connectivity index (χ4v) is 6.12. The van der Waals surface area contributed by atoms with Crippen molar-refractivity contribution in [2.75, 3.05) is 17.8 Å². The van der Waals surface area contributed by atoms with E-state index in [9.17, 15) is 18.0 Å². The lowest BCUT2D eigenvalue weighted by Crippen LogP contribution is -2.46. The SMILES string of the molecule is CCCNC(=O)C1CCCN1C(=O)c1ccc(NS(=O)(=O)c2ccc(C3CCCCC3)cc2)cc1. The average Bonchev–Trinajstić information content (AvgIpc) is 3.38. The number of anilines is 1. The minimum atomic E-state index is -3.74. The second-order valence-electron chi connectivity index (χ2n) is 9.53. The first kappa shape index (κ1) is 25.2. The predicted molar refractivity (Wildman–Crippen MR) is 137 cm³/mol. The molecule has 2 aromatic carbocycles. The Bertz CT molecular complexity index is 1120. The van der Waals surface area contributed by atoms with E-state index in [1.54, 1.807) is 41.3 Å². The van der Waals surface area contributed by atoms with Crippen molar-refractivity contribution in [3.8, 4) is 0 Å². The van der Waals surface area contributed by atoms with Crippen LogP contribution in [0.3, 0.4) is 0 Å². The van der Waals surface area contributed by atoms with Crippen LogP contribution in [0.1, 0.15) is 80.1 Å². The first-order valence-electron chi connectivity index (χ1n) is 12.7. The molecule has 1 unspecified atom stereocenters. The van der Waals surface area contributed by atoms with Gasteiger partial charge in [-0.1, -0.05) is 38.3 Å². The summed E-state index contributed by atoms with van der Waals surface area (Å²) in [5.74, 6) is 0.190. The van der Waals surface area contributed by atoms with Gasteiger partial charge in [-0.25, -0.2) is 8.42 Å². The van der Waals surface area contributed by atoms with Crippen LogP contribution in [0.15, 0.2) is 53.4 Å². The van der Waals surface area contributed by atoms with Gasteiger partial charge in [-0.2, -0.15) is 0 Å². The van der Waals surface area contributed by atoms with E-state index in [0.29, 0.717) is 36.7 Å². The summed E-state index contributed by atoms with van der Waals surface area (Å²) in [6, 6.07) is 13.1. The van der Waals surface area contributed by atoms with Crippen molar-refractivity contribution in [1.82, 2.24) is 10.2 Å².